The zero-order chi connectivity index (χ0) is 31.1. The molecule has 8 nitrogen and oxygen atoms in total. The van der Waals surface area contributed by atoms with Crippen molar-refractivity contribution >= 4 is 45.7 Å². The topological polar surface area (TPSA) is 102 Å². The normalized spacial score (nSPS) is 16.0. The molecule has 0 bridgehead atoms. The monoisotopic (exact) mass is 633 g/mol. The van der Waals surface area contributed by atoms with Crippen molar-refractivity contribution in [2.75, 3.05) is 18.1 Å². The fourth-order valence-corrected chi connectivity index (χ4v) is 6.62. The number of halogens is 1. The smallest absolute Gasteiger partial charge is 0.301 e. The Morgan fingerprint density at radius 2 is 1.75 bits per heavy atom. The van der Waals surface area contributed by atoms with Gasteiger partial charge in [-0.25, -0.2) is 4.39 Å². The van der Waals surface area contributed by atoms with E-state index in [0.717, 1.165) is 36.2 Å². The van der Waals surface area contributed by atoms with Crippen LogP contribution in [-0.4, -0.2) is 40.2 Å². The molecule has 4 aromatic rings. The van der Waals surface area contributed by atoms with Crippen molar-refractivity contribution in [2.45, 2.75) is 49.2 Å². The van der Waals surface area contributed by atoms with Crippen LogP contribution < -0.4 is 14.4 Å². The Labute approximate surface area is 263 Å². The molecule has 0 saturated carbocycles. The lowest BCUT2D eigenvalue weighted by Crippen LogP contribution is -2.29. The number of thioether (sulfide) groups is 1. The van der Waals surface area contributed by atoms with Crippen molar-refractivity contribution < 1.29 is 28.6 Å². The summed E-state index contributed by atoms with van der Waals surface area (Å²) in [6, 6.07) is 19.1. The summed E-state index contributed by atoms with van der Waals surface area (Å²) in [5, 5.41) is 20.1. The van der Waals surface area contributed by atoms with Gasteiger partial charge in [-0.15, -0.1) is 10.2 Å². The lowest BCUT2D eigenvalue weighted by Gasteiger charge is -2.23. The molecule has 1 aliphatic rings. The van der Waals surface area contributed by atoms with E-state index in [1.165, 1.54) is 28.8 Å². The standard InChI is InChI=1S/C33H32FN3O5S2/c1-3-5-9-18-42-25-17-14-23(19-26(25)41-4-2)28-27(29(38)22-10-7-6-8-11-22)30(39)31(40)37(28)32-35-36-33(44-32)43-20-21-12-15-24(34)16-13-21/h6-8,10-17,19,28,38H,3-5,9,18,20H2,1-2H3. The van der Waals surface area contributed by atoms with Crippen molar-refractivity contribution in [3.8, 4) is 11.5 Å². The van der Waals surface area contributed by atoms with E-state index in [4.69, 9.17) is 9.47 Å². The highest BCUT2D eigenvalue weighted by atomic mass is 32.2. The van der Waals surface area contributed by atoms with Gasteiger partial charge in [-0.3, -0.25) is 14.5 Å². The number of carbonyl (C=O) groups is 2. The van der Waals surface area contributed by atoms with Gasteiger partial charge in [0.05, 0.1) is 24.8 Å². The highest BCUT2D eigenvalue weighted by molar-refractivity contribution is 8.00. The van der Waals surface area contributed by atoms with Gasteiger partial charge in [0.25, 0.3) is 5.78 Å². The van der Waals surface area contributed by atoms with Crippen LogP contribution in [0.5, 0.6) is 11.5 Å². The van der Waals surface area contributed by atoms with Crippen molar-refractivity contribution in [1.82, 2.24) is 10.2 Å². The number of rotatable bonds is 13. The van der Waals surface area contributed by atoms with Crippen LogP contribution in [0.2, 0.25) is 0 Å². The Hall–Kier alpha value is -4.22. The number of aliphatic hydroxyl groups excluding tert-OH is 1. The number of Topliss-reactive ketones (excluding diaryl/α,β-unsaturated/α-hetero) is 1. The van der Waals surface area contributed by atoms with Gasteiger partial charge in [0, 0.05) is 11.3 Å². The molecule has 0 spiro atoms. The molecule has 1 atom stereocenters. The fourth-order valence-electron chi connectivity index (χ4n) is 4.80. The number of hydrogen-bond donors (Lipinski definition) is 1. The van der Waals surface area contributed by atoms with Crippen molar-refractivity contribution in [3.05, 3.63) is 101 Å². The summed E-state index contributed by atoms with van der Waals surface area (Å²) in [5.74, 6) is -0.706. The molecule has 11 heteroatoms. The number of ether oxygens (including phenoxy) is 2. The average molecular weight is 634 g/mol. The lowest BCUT2D eigenvalue weighted by atomic mass is 9.95. The summed E-state index contributed by atoms with van der Waals surface area (Å²) < 4.78 is 25.8. The molecule has 5 rings (SSSR count). The van der Waals surface area contributed by atoms with Gasteiger partial charge in [-0.1, -0.05) is 91.4 Å². The predicted octanol–water partition coefficient (Wildman–Crippen LogP) is 7.56. The molecular formula is C33H32FN3O5S2. The van der Waals surface area contributed by atoms with E-state index in [1.54, 1.807) is 60.7 Å². The Bertz CT molecular complexity index is 1640. The first kappa shape index (κ1) is 31.2. The Kier molecular flexibility index (Phi) is 10.3. The molecule has 2 heterocycles. The third kappa shape index (κ3) is 6.95. The fraction of sp³-hybridized carbons (Fsp3) is 0.273. The zero-order valence-corrected chi connectivity index (χ0v) is 26.0. The van der Waals surface area contributed by atoms with Crippen LogP contribution in [-0.2, 0) is 15.3 Å². The number of nitrogens with zero attached hydrogens (tertiary/aromatic N) is 3. The summed E-state index contributed by atoms with van der Waals surface area (Å²) in [7, 11) is 0. The SMILES string of the molecule is CCCCCOc1ccc(C2C(=C(O)c3ccccc3)C(=O)C(=O)N2c2nnc(SCc3ccc(F)cc3)s2)cc1OCC. The summed E-state index contributed by atoms with van der Waals surface area (Å²) in [5.41, 5.74) is 1.79. The number of amides is 1. The number of aliphatic hydroxyl groups is 1. The maximum atomic E-state index is 13.6. The average Bonchev–Trinajstić information content (AvgIpc) is 3.61. The number of aromatic nitrogens is 2. The second-order valence-electron chi connectivity index (χ2n) is 10.00. The highest BCUT2D eigenvalue weighted by Gasteiger charge is 2.48. The van der Waals surface area contributed by atoms with E-state index >= 15 is 0 Å². The van der Waals surface area contributed by atoms with Crippen molar-refractivity contribution in [2.24, 2.45) is 0 Å². The maximum Gasteiger partial charge on any atom is 0.301 e. The van der Waals surface area contributed by atoms with Gasteiger partial charge in [0.2, 0.25) is 5.13 Å². The third-order valence-corrected chi connectivity index (χ3v) is 9.08. The zero-order valence-electron chi connectivity index (χ0n) is 24.4. The van der Waals surface area contributed by atoms with Gasteiger partial charge < -0.3 is 14.6 Å². The van der Waals surface area contributed by atoms with E-state index in [2.05, 4.69) is 17.1 Å². The highest BCUT2D eigenvalue weighted by Crippen LogP contribution is 2.45. The minimum absolute atomic E-state index is 0.0593. The van der Waals surface area contributed by atoms with Crippen LogP contribution >= 0.6 is 23.1 Å². The number of unbranched alkanes of at least 4 members (excludes halogenated alkanes) is 2. The second-order valence-corrected chi connectivity index (χ2v) is 12.2. The molecule has 0 aliphatic carbocycles. The van der Waals surface area contributed by atoms with Gasteiger partial charge in [-0.05, 0) is 48.7 Å². The van der Waals surface area contributed by atoms with E-state index < -0.39 is 17.7 Å². The van der Waals surface area contributed by atoms with Gasteiger partial charge in [0.15, 0.2) is 15.8 Å². The molecular weight excluding hydrogens is 602 g/mol. The molecule has 3 aromatic carbocycles. The minimum atomic E-state index is -0.994. The predicted molar refractivity (Wildman–Crippen MR) is 170 cm³/mol. The van der Waals surface area contributed by atoms with Crippen LogP contribution in [0, 0.1) is 5.82 Å². The first-order chi connectivity index (χ1) is 21.4. The molecule has 44 heavy (non-hydrogen) atoms. The van der Waals surface area contributed by atoms with Gasteiger partial charge in [-0.2, -0.15) is 0 Å². The first-order valence-corrected chi connectivity index (χ1v) is 16.2. The largest absolute Gasteiger partial charge is 0.507 e. The summed E-state index contributed by atoms with van der Waals surface area (Å²) >= 11 is 2.54. The number of carbonyl (C=O) groups excluding carboxylic acids is 2. The van der Waals surface area contributed by atoms with Crippen LogP contribution in [0.1, 0.15) is 55.8 Å². The van der Waals surface area contributed by atoms with E-state index in [9.17, 15) is 19.1 Å². The van der Waals surface area contributed by atoms with Gasteiger partial charge >= 0.3 is 5.91 Å². The van der Waals surface area contributed by atoms with Gasteiger partial charge in [0.1, 0.15) is 11.6 Å². The molecule has 1 aliphatic heterocycles. The Morgan fingerprint density at radius 1 is 0.977 bits per heavy atom. The molecule has 1 unspecified atom stereocenters. The first-order valence-electron chi connectivity index (χ1n) is 14.4. The van der Waals surface area contributed by atoms with Crippen LogP contribution in [0.25, 0.3) is 5.76 Å². The number of anilines is 1. The van der Waals surface area contributed by atoms with E-state index in [-0.39, 0.29) is 22.3 Å². The van der Waals surface area contributed by atoms with Crippen LogP contribution in [0.4, 0.5) is 9.52 Å². The molecule has 1 N–H and O–H groups in total. The Balaban J connectivity index is 1.53. The summed E-state index contributed by atoms with van der Waals surface area (Å²) in [6.07, 6.45) is 3.01. The van der Waals surface area contributed by atoms with Crippen molar-refractivity contribution in [3.63, 3.8) is 0 Å². The second kappa shape index (κ2) is 14.5. The molecule has 228 valence electrons. The lowest BCUT2D eigenvalue weighted by molar-refractivity contribution is -0.132. The number of ketones is 1. The third-order valence-electron chi connectivity index (χ3n) is 6.96. The summed E-state index contributed by atoms with van der Waals surface area (Å²) in [4.78, 5) is 28.5. The Morgan fingerprint density at radius 3 is 2.48 bits per heavy atom. The molecule has 1 fully saturated rings. The number of benzene rings is 3. The molecule has 1 saturated heterocycles. The molecule has 1 amide bonds. The quantitative estimate of drug-likeness (QED) is 0.0402. The van der Waals surface area contributed by atoms with E-state index in [1.807, 2.05) is 6.92 Å². The molecule has 1 aromatic heterocycles. The number of hydrogen-bond acceptors (Lipinski definition) is 9. The van der Waals surface area contributed by atoms with Crippen LogP contribution in [0.3, 0.4) is 0 Å². The maximum absolute atomic E-state index is 13.6. The van der Waals surface area contributed by atoms with Crippen LogP contribution in [0.15, 0.2) is 82.7 Å². The van der Waals surface area contributed by atoms with E-state index in [0.29, 0.717) is 45.9 Å². The molecule has 0 radical (unpaired) electrons. The van der Waals surface area contributed by atoms with Crippen molar-refractivity contribution in [1.29, 1.82) is 0 Å². The summed E-state index contributed by atoms with van der Waals surface area (Å²) in [6.45, 7) is 4.89. The minimum Gasteiger partial charge on any atom is -0.507 e.